The van der Waals surface area contributed by atoms with Crippen LogP contribution in [0.1, 0.15) is 24.3 Å². The summed E-state index contributed by atoms with van der Waals surface area (Å²) in [7, 11) is 0. The van der Waals surface area contributed by atoms with Crippen LogP contribution in [0, 0.1) is 0 Å². The number of morpholine rings is 1. The van der Waals surface area contributed by atoms with Crippen molar-refractivity contribution in [2.75, 3.05) is 18.0 Å². The lowest BCUT2D eigenvalue weighted by Crippen LogP contribution is -2.43. The molecule has 0 N–H and O–H groups in total. The van der Waals surface area contributed by atoms with Crippen LogP contribution in [0.5, 0.6) is 0 Å². The maximum Gasteiger partial charge on any atom is 0.433 e. The highest BCUT2D eigenvalue weighted by Crippen LogP contribution is 2.30. The van der Waals surface area contributed by atoms with E-state index in [4.69, 9.17) is 4.74 Å². The number of rotatable bonds is 2. The van der Waals surface area contributed by atoms with Crippen LogP contribution in [-0.2, 0) is 10.9 Å². The molecule has 2 atom stereocenters. The molecule has 3 rings (SSSR count). The predicted octanol–water partition coefficient (Wildman–Crippen LogP) is 3.46. The molecule has 1 fully saturated rings. The molecular formula is C16H16F3N3O. The molecule has 0 spiro atoms. The van der Waals surface area contributed by atoms with E-state index in [1.807, 2.05) is 37.3 Å². The van der Waals surface area contributed by atoms with Gasteiger partial charge in [-0.25, -0.2) is 9.97 Å². The van der Waals surface area contributed by atoms with E-state index in [0.717, 1.165) is 17.8 Å². The number of ether oxygens (including phenoxy) is 1. The van der Waals surface area contributed by atoms with Crippen LogP contribution in [0.2, 0.25) is 0 Å². The topological polar surface area (TPSA) is 38.2 Å². The number of anilines is 1. The van der Waals surface area contributed by atoms with Gasteiger partial charge in [0.2, 0.25) is 5.95 Å². The molecule has 0 aliphatic carbocycles. The lowest BCUT2D eigenvalue weighted by atomic mass is 10.1. The average molecular weight is 323 g/mol. The van der Waals surface area contributed by atoms with Crippen LogP contribution in [0.15, 0.2) is 42.6 Å². The third kappa shape index (κ3) is 3.61. The minimum atomic E-state index is -4.48. The van der Waals surface area contributed by atoms with E-state index in [-0.39, 0.29) is 18.2 Å². The number of nitrogens with zero attached hydrogens (tertiary/aromatic N) is 3. The summed E-state index contributed by atoms with van der Waals surface area (Å²) in [5, 5.41) is 0. The van der Waals surface area contributed by atoms with Crippen LogP contribution in [0.4, 0.5) is 19.1 Å². The van der Waals surface area contributed by atoms with Crippen molar-refractivity contribution in [3.8, 4) is 0 Å². The van der Waals surface area contributed by atoms with E-state index in [0.29, 0.717) is 13.1 Å². The van der Waals surface area contributed by atoms with Crippen LogP contribution in [0.25, 0.3) is 0 Å². The molecule has 7 heteroatoms. The first-order valence-electron chi connectivity index (χ1n) is 7.29. The zero-order chi connectivity index (χ0) is 16.4. The molecule has 122 valence electrons. The number of hydrogen-bond acceptors (Lipinski definition) is 4. The van der Waals surface area contributed by atoms with Gasteiger partial charge >= 0.3 is 6.18 Å². The van der Waals surface area contributed by atoms with Gasteiger partial charge in [0.1, 0.15) is 11.8 Å². The number of aromatic nitrogens is 2. The highest BCUT2D eigenvalue weighted by Gasteiger charge is 2.34. The molecule has 1 aliphatic heterocycles. The van der Waals surface area contributed by atoms with E-state index >= 15 is 0 Å². The van der Waals surface area contributed by atoms with Gasteiger partial charge in [0, 0.05) is 12.7 Å². The molecule has 1 saturated heterocycles. The van der Waals surface area contributed by atoms with Gasteiger partial charge in [0.25, 0.3) is 0 Å². The van der Waals surface area contributed by atoms with Crippen molar-refractivity contribution < 1.29 is 17.9 Å². The third-order valence-corrected chi connectivity index (χ3v) is 3.65. The largest absolute Gasteiger partial charge is 0.433 e. The summed E-state index contributed by atoms with van der Waals surface area (Å²) in [5.74, 6) is 0.0795. The predicted molar refractivity (Wildman–Crippen MR) is 79.0 cm³/mol. The fourth-order valence-electron chi connectivity index (χ4n) is 2.63. The van der Waals surface area contributed by atoms with Crippen LogP contribution in [0.3, 0.4) is 0 Å². The Morgan fingerprint density at radius 2 is 1.87 bits per heavy atom. The monoisotopic (exact) mass is 323 g/mol. The number of halogens is 3. The Morgan fingerprint density at radius 1 is 1.13 bits per heavy atom. The van der Waals surface area contributed by atoms with Crippen molar-refractivity contribution in [1.82, 2.24) is 9.97 Å². The smallest absolute Gasteiger partial charge is 0.367 e. The van der Waals surface area contributed by atoms with Gasteiger partial charge < -0.3 is 9.64 Å². The highest BCUT2D eigenvalue weighted by atomic mass is 19.4. The molecule has 4 nitrogen and oxygen atoms in total. The van der Waals surface area contributed by atoms with E-state index in [2.05, 4.69) is 9.97 Å². The van der Waals surface area contributed by atoms with Crippen LogP contribution >= 0.6 is 0 Å². The van der Waals surface area contributed by atoms with Gasteiger partial charge in [-0.15, -0.1) is 0 Å². The zero-order valence-corrected chi connectivity index (χ0v) is 12.5. The number of benzene rings is 1. The fraction of sp³-hybridized carbons (Fsp3) is 0.375. The third-order valence-electron chi connectivity index (χ3n) is 3.65. The normalized spacial score (nSPS) is 22.2. The van der Waals surface area contributed by atoms with Gasteiger partial charge in [-0.1, -0.05) is 30.3 Å². The van der Waals surface area contributed by atoms with Gasteiger partial charge in [-0.05, 0) is 18.6 Å². The first-order chi connectivity index (χ1) is 10.9. The van der Waals surface area contributed by atoms with Gasteiger partial charge in [-0.2, -0.15) is 13.2 Å². The minimum Gasteiger partial charge on any atom is -0.367 e. The summed E-state index contributed by atoms with van der Waals surface area (Å²) in [5.41, 5.74) is 0.0499. The van der Waals surface area contributed by atoms with Gasteiger partial charge in [0.15, 0.2) is 0 Å². The lowest BCUT2D eigenvalue weighted by molar-refractivity contribution is -0.141. The quantitative estimate of drug-likeness (QED) is 0.848. The van der Waals surface area contributed by atoms with E-state index in [9.17, 15) is 13.2 Å². The Morgan fingerprint density at radius 3 is 2.57 bits per heavy atom. The van der Waals surface area contributed by atoms with Crippen molar-refractivity contribution in [2.45, 2.75) is 25.3 Å². The average Bonchev–Trinajstić information content (AvgIpc) is 2.54. The Bertz CT molecular complexity index is 663. The van der Waals surface area contributed by atoms with Gasteiger partial charge in [-0.3, -0.25) is 0 Å². The zero-order valence-electron chi connectivity index (χ0n) is 12.5. The maximum absolute atomic E-state index is 12.8. The van der Waals surface area contributed by atoms with Crippen molar-refractivity contribution in [3.63, 3.8) is 0 Å². The molecule has 1 aliphatic rings. The summed E-state index contributed by atoms with van der Waals surface area (Å²) >= 11 is 0. The van der Waals surface area contributed by atoms with Crippen molar-refractivity contribution in [2.24, 2.45) is 0 Å². The second kappa shape index (κ2) is 6.16. The first-order valence-corrected chi connectivity index (χ1v) is 7.29. The highest BCUT2D eigenvalue weighted by molar-refractivity contribution is 5.34. The maximum atomic E-state index is 12.8. The SMILES string of the molecule is C[C@@H]1CN(c2nccc(C(F)(F)F)n2)C[C@H](c2ccccc2)O1. The first kappa shape index (κ1) is 15.7. The molecule has 1 aromatic heterocycles. The molecule has 0 radical (unpaired) electrons. The Labute approximate surface area is 131 Å². The molecule has 1 aromatic carbocycles. The van der Waals surface area contributed by atoms with E-state index in [1.165, 1.54) is 0 Å². The summed E-state index contributed by atoms with van der Waals surface area (Å²) < 4.78 is 44.4. The summed E-state index contributed by atoms with van der Waals surface area (Å²) in [6.07, 6.45) is -3.69. The number of alkyl halides is 3. The second-order valence-corrected chi connectivity index (χ2v) is 5.49. The van der Waals surface area contributed by atoms with Crippen molar-refractivity contribution in [1.29, 1.82) is 0 Å². The van der Waals surface area contributed by atoms with Crippen molar-refractivity contribution in [3.05, 3.63) is 53.9 Å². The Kier molecular flexibility index (Phi) is 4.21. The summed E-state index contributed by atoms with van der Waals surface area (Å²) in [6.45, 7) is 2.75. The number of hydrogen-bond donors (Lipinski definition) is 0. The Hall–Kier alpha value is -2.15. The fourth-order valence-corrected chi connectivity index (χ4v) is 2.63. The molecular weight excluding hydrogens is 307 g/mol. The summed E-state index contributed by atoms with van der Waals surface area (Å²) in [4.78, 5) is 9.40. The molecule has 0 saturated carbocycles. The molecule has 0 bridgehead atoms. The molecule has 0 unspecified atom stereocenters. The molecule has 2 aromatic rings. The molecule has 23 heavy (non-hydrogen) atoms. The van der Waals surface area contributed by atoms with Crippen LogP contribution < -0.4 is 4.90 Å². The summed E-state index contributed by atoms with van der Waals surface area (Å²) in [6, 6.07) is 10.5. The molecule has 0 amide bonds. The second-order valence-electron chi connectivity index (χ2n) is 5.49. The van der Waals surface area contributed by atoms with E-state index in [1.54, 1.807) is 4.90 Å². The molecule has 2 heterocycles. The standard InChI is InChI=1S/C16H16F3N3O/c1-11-9-22(10-13(23-11)12-5-3-2-4-6-12)15-20-8-7-14(21-15)16(17,18)19/h2-8,11,13H,9-10H2,1H3/t11-,13-/m1/s1. The Balaban J connectivity index is 1.85. The van der Waals surface area contributed by atoms with Gasteiger partial charge in [0.05, 0.1) is 12.6 Å². The van der Waals surface area contributed by atoms with Crippen molar-refractivity contribution >= 4 is 5.95 Å². The minimum absolute atomic E-state index is 0.0795. The van der Waals surface area contributed by atoms with Crippen LogP contribution in [-0.4, -0.2) is 29.2 Å². The van der Waals surface area contributed by atoms with E-state index < -0.39 is 11.9 Å². The lowest BCUT2D eigenvalue weighted by Gasteiger charge is -2.37.